The van der Waals surface area contributed by atoms with E-state index in [0.29, 0.717) is 5.70 Å². The van der Waals surface area contributed by atoms with Crippen LogP contribution in [0.25, 0.3) is 0 Å². The van der Waals surface area contributed by atoms with Crippen LogP contribution in [0.5, 0.6) is 0 Å². The van der Waals surface area contributed by atoms with Gasteiger partial charge >= 0.3 is 5.97 Å². The first-order chi connectivity index (χ1) is 5.16. The Bertz CT molecular complexity index is 216. The van der Waals surface area contributed by atoms with Crippen LogP contribution in [0.15, 0.2) is 36.2 Å². The van der Waals surface area contributed by atoms with Crippen molar-refractivity contribution in [3.63, 3.8) is 0 Å². The van der Waals surface area contributed by atoms with Crippen LogP contribution < -0.4 is 11.5 Å². The first-order valence-electron chi connectivity index (χ1n) is 2.92. The number of aliphatic carboxylic acids is 1. The van der Waals surface area contributed by atoms with Crippen LogP contribution >= 0.6 is 0 Å². The molecule has 0 aromatic rings. The number of allylic oxidation sites excluding steroid dienone is 3. The number of carbonyl (C=O) groups is 1. The minimum Gasteiger partial charge on any atom is -0.478 e. The Labute approximate surface area is 64.5 Å². The van der Waals surface area contributed by atoms with Gasteiger partial charge in [0, 0.05) is 11.8 Å². The van der Waals surface area contributed by atoms with Gasteiger partial charge in [-0.1, -0.05) is 0 Å². The molecule has 0 bridgehead atoms. The SMILES string of the molecule is N\C=C/C=C(N)/C=C/C(=O)O. The summed E-state index contributed by atoms with van der Waals surface area (Å²) >= 11 is 0. The maximum absolute atomic E-state index is 9.97. The van der Waals surface area contributed by atoms with E-state index >= 15 is 0 Å². The predicted octanol–water partition coefficient (Wildman–Crippen LogP) is -0.0578. The molecule has 11 heavy (non-hydrogen) atoms. The Morgan fingerprint density at radius 3 is 2.45 bits per heavy atom. The van der Waals surface area contributed by atoms with Crippen LogP contribution in [-0.4, -0.2) is 11.1 Å². The van der Waals surface area contributed by atoms with Crippen molar-refractivity contribution in [3.05, 3.63) is 36.2 Å². The summed E-state index contributed by atoms with van der Waals surface area (Å²) in [6.45, 7) is 0. The summed E-state index contributed by atoms with van der Waals surface area (Å²) in [6.07, 6.45) is 6.56. The Morgan fingerprint density at radius 2 is 2.00 bits per heavy atom. The summed E-state index contributed by atoms with van der Waals surface area (Å²) in [5.74, 6) is -1.03. The van der Waals surface area contributed by atoms with Gasteiger partial charge in [0.05, 0.1) is 0 Å². The molecule has 5 N–H and O–H groups in total. The van der Waals surface area contributed by atoms with Gasteiger partial charge in [-0.05, 0) is 24.4 Å². The van der Waals surface area contributed by atoms with E-state index in [9.17, 15) is 4.79 Å². The van der Waals surface area contributed by atoms with Crippen LogP contribution in [0.1, 0.15) is 0 Å². The highest BCUT2D eigenvalue weighted by Crippen LogP contribution is 1.86. The Kier molecular flexibility index (Phi) is 4.31. The van der Waals surface area contributed by atoms with Gasteiger partial charge in [-0.15, -0.1) is 0 Å². The zero-order valence-electron chi connectivity index (χ0n) is 5.90. The fourth-order valence-electron chi connectivity index (χ4n) is 0.390. The molecule has 0 rings (SSSR count). The maximum atomic E-state index is 9.97. The van der Waals surface area contributed by atoms with Crippen LogP contribution in [0, 0.1) is 0 Å². The molecule has 0 aliphatic carbocycles. The van der Waals surface area contributed by atoms with Crippen molar-refractivity contribution < 1.29 is 9.90 Å². The largest absolute Gasteiger partial charge is 0.478 e. The molecule has 4 heteroatoms. The molecule has 0 aromatic heterocycles. The lowest BCUT2D eigenvalue weighted by molar-refractivity contribution is -0.131. The fourth-order valence-corrected chi connectivity index (χ4v) is 0.390. The summed E-state index contributed by atoms with van der Waals surface area (Å²) in [4.78, 5) is 9.97. The second-order valence-electron chi connectivity index (χ2n) is 1.72. The number of carboxylic acids is 1. The second kappa shape index (κ2) is 5.10. The smallest absolute Gasteiger partial charge is 0.328 e. The third-order valence-corrected chi connectivity index (χ3v) is 0.818. The maximum Gasteiger partial charge on any atom is 0.328 e. The molecule has 0 atom stereocenters. The van der Waals surface area contributed by atoms with E-state index in [1.54, 1.807) is 0 Å². The van der Waals surface area contributed by atoms with Crippen LogP contribution in [0.4, 0.5) is 0 Å². The molecule has 0 saturated carbocycles. The molecular weight excluding hydrogens is 144 g/mol. The lowest BCUT2D eigenvalue weighted by Crippen LogP contribution is -1.94. The Morgan fingerprint density at radius 1 is 1.36 bits per heavy atom. The number of rotatable bonds is 3. The normalized spacial score (nSPS) is 12.9. The van der Waals surface area contributed by atoms with E-state index in [1.165, 1.54) is 24.4 Å². The highest BCUT2D eigenvalue weighted by Gasteiger charge is 1.84. The van der Waals surface area contributed by atoms with Crippen molar-refractivity contribution in [1.29, 1.82) is 0 Å². The van der Waals surface area contributed by atoms with E-state index in [2.05, 4.69) is 0 Å². The molecule has 60 valence electrons. The molecule has 0 unspecified atom stereocenters. The number of nitrogens with two attached hydrogens (primary N) is 2. The van der Waals surface area contributed by atoms with Gasteiger partial charge in [0.1, 0.15) is 0 Å². The van der Waals surface area contributed by atoms with Gasteiger partial charge in [-0.25, -0.2) is 4.79 Å². The van der Waals surface area contributed by atoms with Crippen molar-refractivity contribution in [1.82, 2.24) is 0 Å². The van der Waals surface area contributed by atoms with Crippen molar-refractivity contribution in [2.24, 2.45) is 11.5 Å². The number of hydrogen-bond donors (Lipinski definition) is 3. The summed E-state index contributed by atoms with van der Waals surface area (Å²) in [7, 11) is 0. The average molecular weight is 154 g/mol. The third kappa shape index (κ3) is 6.17. The summed E-state index contributed by atoms with van der Waals surface area (Å²) in [5.41, 5.74) is 10.7. The minimum atomic E-state index is -1.03. The number of carboxylic acid groups (broad SMARTS) is 1. The van der Waals surface area contributed by atoms with E-state index in [4.69, 9.17) is 16.6 Å². The molecule has 0 spiro atoms. The van der Waals surface area contributed by atoms with E-state index in [0.717, 1.165) is 6.08 Å². The molecule has 0 fully saturated rings. The molecule has 0 radical (unpaired) electrons. The van der Waals surface area contributed by atoms with Gasteiger partial charge in [-0.3, -0.25) is 0 Å². The first kappa shape index (κ1) is 9.29. The number of hydrogen-bond acceptors (Lipinski definition) is 3. The molecule has 4 nitrogen and oxygen atoms in total. The third-order valence-electron chi connectivity index (χ3n) is 0.818. The molecule has 0 aliphatic rings. The van der Waals surface area contributed by atoms with Crippen molar-refractivity contribution in [3.8, 4) is 0 Å². The lowest BCUT2D eigenvalue weighted by atomic mass is 10.3. The van der Waals surface area contributed by atoms with Gasteiger partial charge < -0.3 is 16.6 Å². The highest BCUT2D eigenvalue weighted by atomic mass is 16.4. The standard InChI is InChI=1S/C7H10N2O2/c8-5-1-2-6(9)3-4-7(10)11/h1-5H,8-9H2,(H,10,11)/b4-3+,5-1-,6-2-. The highest BCUT2D eigenvalue weighted by molar-refractivity contribution is 5.80. The Hall–Kier alpha value is -1.71. The summed E-state index contributed by atoms with van der Waals surface area (Å²) < 4.78 is 0. The van der Waals surface area contributed by atoms with Gasteiger partial charge in [0.15, 0.2) is 0 Å². The van der Waals surface area contributed by atoms with Crippen LogP contribution in [0.3, 0.4) is 0 Å². The summed E-state index contributed by atoms with van der Waals surface area (Å²) in [5, 5.41) is 8.18. The summed E-state index contributed by atoms with van der Waals surface area (Å²) in [6, 6.07) is 0. The molecule has 0 saturated heterocycles. The quantitative estimate of drug-likeness (QED) is 0.392. The van der Waals surface area contributed by atoms with E-state index < -0.39 is 5.97 Å². The molecule has 0 heterocycles. The van der Waals surface area contributed by atoms with Gasteiger partial charge in [-0.2, -0.15) is 0 Å². The van der Waals surface area contributed by atoms with E-state index in [1.807, 2.05) is 0 Å². The molecule has 0 aromatic carbocycles. The van der Waals surface area contributed by atoms with E-state index in [-0.39, 0.29) is 0 Å². The minimum absolute atomic E-state index is 0.342. The Balaban J connectivity index is 4.05. The molecular formula is C7H10N2O2. The lowest BCUT2D eigenvalue weighted by Gasteiger charge is -1.86. The fraction of sp³-hybridized carbons (Fsp3) is 0. The van der Waals surface area contributed by atoms with Crippen LogP contribution in [-0.2, 0) is 4.79 Å². The first-order valence-corrected chi connectivity index (χ1v) is 2.92. The average Bonchev–Trinajstić information content (AvgIpc) is 1.97. The van der Waals surface area contributed by atoms with Crippen molar-refractivity contribution in [2.45, 2.75) is 0 Å². The van der Waals surface area contributed by atoms with Crippen molar-refractivity contribution in [2.75, 3.05) is 0 Å². The van der Waals surface area contributed by atoms with Crippen molar-refractivity contribution >= 4 is 5.97 Å². The second-order valence-corrected chi connectivity index (χ2v) is 1.72. The monoisotopic (exact) mass is 154 g/mol. The van der Waals surface area contributed by atoms with Gasteiger partial charge in [0.25, 0.3) is 0 Å². The zero-order chi connectivity index (χ0) is 8.69. The zero-order valence-corrected chi connectivity index (χ0v) is 5.90. The van der Waals surface area contributed by atoms with Crippen LogP contribution in [0.2, 0.25) is 0 Å². The molecule has 0 amide bonds. The predicted molar refractivity (Wildman–Crippen MR) is 42.4 cm³/mol. The van der Waals surface area contributed by atoms with Gasteiger partial charge in [0.2, 0.25) is 0 Å². The topological polar surface area (TPSA) is 89.3 Å². The molecule has 0 aliphatic heterocycles.